The van der Waals surface area contributed by atoms with E-state index < -0.39 is 5.60 Å². The molecule has 1 aromatic carbocycles. The van der Waals surface area contributed by atoms with Gasteiger partial charge in [-0.25, -0.2) is 0 Å². The van der Waals surface area contributed by atoms with E-state index in [0.717, 1.165) is 38.9 Å². The molecule has 0 aromatic heterocycles. The van der Waals surface area contributed by atoms with E-state index in [-0.39, 0.29) is 0 Å². The molecule has 3 heteroatoms. The van der Waals surface area contributed by atoms with Gasteiger partial charge in [0.1, 0.15) is 0 Å². The monoisotopic (exact) mass is 345 g/mol. The first kappa shape index (κ1) is 13.3. The quantitative estimate of drug-likeness (QED) is 0.833. The predicted octanol–water partition coefficient (Wildman–Crippen LogP) is 3.03. The molecular weight excluding hydrogens is 325 g/mol. The molecule has 1 saturated heterocycles. The standard InChI is InChI=1S/C14H20INO/c1-14(17)7-2-9-16(10-8-14)11-12-3-5-13(15)6-4-12/h3-6,17H,2,7-11H2,1H3. The van der Waals surface area contributed by atoms with E-state index in [2.05, 4.69) is 51.8 Å². The van der Waals surface area contributed by atoms with Crippen molar-refractivity contribution >= 4 is 22.6 Å². The molecular formula is C14H20INO. The SMILES string of the molecule is CC1(O)CCCN(Cc2ccc(I)cc2)CC1. The Labute approximate surface area is 117 Å². The summed E-state index contributed by atoms with van der Waals surface area (Å²) in [5, 5.41) is 10.0. The summed E-state index contributed by atoms with van der Waals surface area (Å²) in [6, 6.07) is 8.71. The Morgan fingerprint density at radius 1 is 1.24 bits per heavy atom. The van der Waals surface area contributed by atoms with Crippen LogP contribution in [0, 0.1) is 3.57 Å². The van der Waals surface area contributed by atoms with Crippen LogP contribution < -0.4 is 0 Å². The van der Waals surface area contributed by atoms with Crippen LogP contribution in [0.2, 0.25) is 0 Å². The fourth-order valence-corrected chi connectivity index (χ4v) is 2.68. The fraction of sp³-hybridized carbons (Fsp3) is 0.571. The van der Waals surface area contributed by atoms with E-state index in [4.69, 9.17) is 0 Å². The van der Waals surface area contributed by atoms with Crippen LogP contribution >= 0.6 is 22.6 Å². The van der Waals surface area contributed by atoms with Gasteiger partial charge in [-0.3, -0.25) is 4.90 Å². The van der Waals surface area contributed by atoms with Gasteiger partial charge < -0.3 is 5.11 Å². The molecule has 1 aliphatic rings. The minimum Gasteiger partial charge on any atom is -0.390 e. The second-order valence-electron chi connectivity index (χ2n) is 5.25. The molecule has 1 atom stereocenters. The van der Waals surface area contributed by atoms with Crippen molar-refractivity contribution in [2.75, 3.05) is 13.1 Å². The van der Waals surface area contributed by atoms with Crippen molar-refractivity contribution in [2.45, 2.75) is 38.3 Å². The second kappa shape index (κ2) is 5.67. The maximum absolute atomic E-state index is 10.0. The van der Waals surface area contributed by atoms with Crippen LogP contribution in [0.25, 0.3) is 0 Å². The van der Waals surface area contributed by atoms with Crippen molar-refractivity contribution in [3.05, 3.63) is 33.4 Å². The minimum atomic E-state index is -0.458. The molecule has 2 rings (SSSR count). The highest BCUT2D eigenvalue weighted by atomic mass is 127. The lowest BCUT2D eigenvalue weighted by Gasteiger charge is -2.22. The molecule has 0 spiro atoms. The number of likely N-dealkylation sites (tertiary alicyclic amines) is 1. The lowest BCUT2D eigenvalue weighted by atomic mass is 9.98. The van der Waals surface area contributed by atoms with Crippen LogP contribution in [0.4, 0.5) is 0 Å². The van der Waals surface area contributed by atoms with Gasteiger partial charge in [-0.15, -0.1) is 0 Å². The van der Waals surface area contributed by atoms with Crippen LogP contribution in [0.15, 0.2) is 24.3 Å². The summed E-state index contributed by atoms with van der Waals surface area (Å²) in [6.45, 7) is 5.06. The van der Waals surface area contributed by atoms with Gasteiger partial charge in [-0.1, -0.05) is 12.1 Å². The van der Waals surface area contributed by atoms with Crippen molar-refractivity contribution < 1.29 is 5.11 Å². The number of aliphatic hydroxyl groups is 1. The van der Waals surface area contributed by atoms with Crippen molar-refractivity contribution in [2.24, 2.45) is 0 Å². The van der Waals surface area contributed by atoms with Gasteiger partial charge >= 0.3 is 0 Å². The van der Waals surface area contributed by atoms with E-state index in [9.17, 15) is 5.11 Å². The van der Waals surface area contributed by atoms with Crippen LogP contribution in [-0.4, -0.2) is 28.7 Å². The lowest BCUT2D eigenvalue weighted by Crippen LogP contribution is -2.28. The molecule has 1 fully saturated rings. The highest BCUT2D eigenvalue weighted by molar-refractivity contribution is 14.1. The molecule has 0 amide bonds. The first-order chi connectivity index (χ1) is 8.05. The van der Waals surface area contributed by atoms with Crippen molar-refractivity contribution in [3.63, 3.8) is 0 Å². The summed E-state index contributed by atoms with van der Waals surface area (Å²) in [7, 11) is 0. The van der Waals surface area contributed by atoms with Gasteiger partial charge in [0.05, 0.1) is 5.60 Å². The Morgan fingerprint density at radius 3 is 2.65 bits per heavy atom. The van der Waals surface area contributed by atoms with E-state index in [1.54, 1.807) is 0 Å². The van der Waals surface area contributed by atoms with Gasteiger partial charge in [0.2, 0.25) is 0 Å². The molecule has 0 saturated carbocycles. The highest BCUT2D eigenvalue weighted by Crippen LogP contribution is 2.22. The number of nitrogens with zero attached hydrogens (tertiary/aromatic N) is 1. The van der Waals surface area contributed by atoms with Gasteiger partial charge in [0.15, 0.2) is 0 Å². The molecule has 17 heavy (non-hydrogen) atoms. The summed E-state index contributed by atoms with van der Waals surface area (Å²) in [6.07, 6.45) is 2.91. The van der Waals surface area contributed by atoms with E-state index >= 15 is 0 Å². The molecule has 1 unspecified atom stereocenters. The number of hydrogen-bond donors (Lipinski definition) is 1. The first-order valence-corrected chi connectivity index (χ1v) is 7.32. The predicted molar refractivity (Wildman–Crippen MR) is 78.9 cm³/mol. The first-order valence-electron chi connectivity index (χ1n) is 6.24. The van der Waals surface area contributed by atoms with E-state index in [1.807, 2.05) is 6.92 Å². The Morgan fingerprint density at radius 2 is 1.94 bits per heavy atom. The van der Waals surface area contributed by atoms with Crippen LogP contribution in [-0.2, 0) is 6.54 Å². The number of halogens is 1. The normalized spacial score (nSPS) is 26.8. The Balaban J connectivity index is 1.93. The summed E-state index contributed by atoms with van der Waals surface area (Å²) >= 11 is 2.33. The third-order valence-electron chi connectivity index (χ3n) is 3.48. The third kappa shape index (κ3) is 4.23. The average molecular weight is 345 g/mol. The molecule has 94 valence electrons. The van der Waals surface area contributed by atoms with Gasteiger partial charge in [0.25, 0.3) is 0 Å². The topological polar surface area (TPSA) is 23.5 Å². The molecule has 1 N–H and O–H groups in total. The van der Waals surface area contributed by atoms with Crippen LogP contribution in [0.3, 0.4) is 0 Å². The van der Waals surface area contributed by atoms with Crippen molar-refractivity contribution in [1.82, 2.24) is 4.90 Å². The molecule has 0 radical (unpaired) electrons. The number of rotatable bonds is 2. The summed E-state index contributed by atoms with van der Waals surface area (Å²) in [5.41, 5.74) is 0.910. The zero-order chi connectivity index (χ0) is 12.3. The zero-order valence-electron chi connectivity index (χ0n) is 10.3. The molecule has 0 aliphatic carbocycles. The van der Waals surface area contributed by atoms with E-state index in [1.165, 1.54) is 9.13 Å². The summed E-state index contributed by atoms with van der Waals surface area (Å²) in [5.74, 6) is 0. The summed E-state index contributed by atoms with van der Waals surface area (Å²) in [4.78, 5) is 2.45. The largest absolute Gasteiger partial charge is 0.390 e. The molecule has 2 nitrogen and oxygen atoms in total. The Hall–Kier alpha value is -0.130. The van der Waals surface area contributed by atoms with Crippen molar-refractivity contribution in [3.8, 4) is 0 Å². The maximum Gasteiger partial charge on any atom is 0.0632 e. The van der Waals surface area contributed by atoms with Gasteiger partial charge in [0, 0.05) is 16.7 Å². The average Bonchev–Trinajstić information content (AvgIpc) is 2.44. The molecule has 1 aromatic rings. The molecule has 0 bridgehead atoms. The Bertz CT molecular complexity index is 361. The number of hydrogen-bond acceptors (Lipinski definition) is 2. The fourth-order valence-electron chi connectivity index (χ4n) is 2.33. The van der Waals surface area contributed by atoms with Gasteiger partial charge in [-0.2, -0.15) is 0 Å². The minimum absolute atomic E-state index is 0.458. The number of benzene rings is 1. The van der Waals surface area contributed by atoms with Crippen molar-refractivity contribution in [1.29, 1.82) is 0 Å². The smallest absolute Gasteiger partial charge is 0.0632 e. The Kier molecular flexibility index (Phi) is 4.44. The molecule has 1 heterocycles. The second-order valence-corrected chi connectivity index (χ2v) is 6.50. The zero-order valence-corrected chi connectivity index (χ0v) is 12.5. The van der Waals surface area contributed by atoms with Crippen LogP contribution in [0.5, 0.6) is 0 Å². The molecule has 1 aliphatic heterocycles. The van der Waals surface area contributed by atoms with E-state index in [0.29, 0.717) is 0 Å². The maximum atomic E-state index is 10.0. The highest BCUT2D eigenvalue weighted by Gasteiger charge is 2.24. The van der Waals surface area contributed by atoms with Gasteiger partial charge in [-0.05, 0) is 73.0 Å². The lowest BCUT2D eigenvalue weighted by molar-refractivity contribution is 0.0444. The summed E-state index contributed by atoms with van der Waals surface area (Å²) < 4.78 is 1.28. The van der Waals surface area contributed by atoms with Crippen LogP contribution in [0.1, 0.15) is 31.7 Å². The third-order valence-corrected chi connectivity index (χ3v) is 4.19.